The van der Waals surface area contributed by atoms with E-state index >= 15 is 0 Å². The molecule has 1 aromatic carbocycles. The zero-order valence-corrected chi connectivity index (χ0v) is 15.1. The number of fused-ring (bicyclic) bond motifs is 1. The van der Waals surface area contributed by atoms with Crippen LogP contribution in [0.3, 0.4) is 0 Å². The molecule has 0 unspecified atom stereocenters. The summed E-state index contributed by atoms with van der Waals surface area (Å²) in [5.41, 5.74) is 0.710. The first-order valence-corrected chi connectivity index (χ1v) is 8.56. The van der Waals surface area contributed by atoms with Gasteiger partial charge in [-0.1, -0.05) is 6.92 Å². The molecule has 1 atom stereocenters. The molecule has 0 bridgehead atoms. The van der Waals surface area contributed by atoms with E-state index < -0.39 is 23.6 Å². The largest absolute Gasteiger partial charge is 0.494 e. The average molecular weight is 383 g/mol. The SMILES string of the molecule is CC[C@H]1c2cc(F)c(OC)cc2C(=O)N1c1nc(-c2ncccn2)ncc1F. The predicted molar refractivity (Wildman–Crippen MR) is 95.8 cm³/mol. The number of ether oxygens (including phenoxy) is 1. The number of halogens is 2. The van der Waals surface area contributed by atoms with E-state index in [4.69, 9.17) is 4.74 Å². The van der Waals surface area contributed by atoms with Gasteiger partial charge in [0.25, 0.3) is 5.91 Å². The van der Waals surface area contributed by atoms with Crippen molar-refractivity contribution in [2.24, 2.45) is 0 Å². The van der Waals surface area contributed by atoms with Gasteiger partial charge in [0.1, 0.15) is 0 Å². The summed E-state index contributed by atoms with van der Waals surface area (Å²) in [4.78, 5) is 30.5. The van der Waals surface area contributed by atoms with Crippen LogP contribution in [0.2, 0.25) is 0 Å². The van der Waals surface area contributed by atoms with Crippen LogP contribution < -0.4 is 9.64 Å². The Balaban J connectivity index is 1.84. The highest BCUT2D eigenvalue weighted by molar-refractivity contribution is 6.11. The highest BCUT2D eigenvalue weighted by Crippen LogP contribution is 2.41. The van der Waals surface area contributed by atoms with Crippen LogP contribution in [0.5, 0.6) is 5.75 Å². The number of carbonyl (C=O) groups excluding carboxylic acids is 1. The summed E-state index contributed by atoms with van der Waals surface area (Å²) >= 11 is 0. The maximum Gasteiger partial charge on any atom is 0.260 e. The van der Waals surface area contributed by atoms with Crippen LogP contribution in [0.15, 0.2) is 36.8 Å². The Morgan fingerprint density at radius 1 is 1.11 bits per heavy atom. The molecule has 0 saturated heterocycles. The molecule has 7 nitrogen and oxygen atoms in total. The molecule has 0 spiro atoms. The van der Waals surface area contributed by atoms with Crippen LogP contribution in [-0.2, 0) is 0 Å². The number of amides is 1. The lowest BCUT2D eigenvalue weighted by Crippen LogP contribution is -2.29. The number of rotatable bonds is 4. The van der Waals surface area contributed by atoms with Gasteiger partial charge in [0.2, 0.25) is 0 Å². The minimum absolute atomic E-state index is 0.0506. The molecular weight excluding hydrogens is 368 g/mol. The number of hydrogen-bond acceptors (Lipinski definition) is 6. The second kappa shape index (κ2) is 6.91. The zero-order chi connectivity index (χ0) is 19.8. The van der Waals surface area contributed by atoms with E-state index in [0.717, 1.165) is 6.20 Å². The van der Waals surface area contributed by atoms with E-state index in [2.05, 4.69) is 19.9 Å². The van der Waals surface area contributed by atoms with Crippen molar-refractivity contribution in [3.8, 4) is 17.4 Å². The van der Waals surface area contributed by atoms with Gasteiger partial charge in [-0.05, 0) is 30.2 Å². The fourth-order valence-electron chi connectivity index (χ4n) is 3.29. The molecule has 3 heterocycles. The zero-order valence-electron chi connectivity index (χ0n) is 15.1. The van der Waals surface area contributed by atoms with Crippen molar-refractivity contribution in [3.63, 3.8) is 0 Å². The summed E-state index contributed by atoms with van der Waals surface area (Å²) in [7, 11) is 1.32. The second-order valence-corrected chi connectivity index (χ2v) is 6.11. The van der Waals surface area contributed by atoms with E-state index in [0.29, 0.717) is 12.0 Å². The van der Waals surface area contributed by atoms with E-state index in [1.54, 1.807) is 6.07 Å². The van der Waals surface area contributed by atoms with Gasteiger partial charge in [0.15, 0.2) is 34.9 Å². The third kappa shape index (κ3) is 2.75. The lowest BCUT2D eigenvalue weighted by Gasteiger charge is -2.23. The molecule has 2 aromatic heterocycles. The lowest BCUT2D eigenvalue weighted by molar-refractivity contribution is 0.0988. The summed E-state index contributed by atoms with van der Waals surface area (Å²) in [5, 5.41) is 0. The molecule has 0 radical (unpaired) electrons. The van der Waals surface area contributed by atoms with E-state index in [-0.39, 0.29) is 28.8 Å². The summed E-state index contributed by atoms with van der Waals surface area (Å²) in [6, 6.07) is 3.64. The lowest BCUT2D eigenvalue weighted by atomic mass is 10.0. The van der Waals surface area contributed by atoms with Crippen molar-refractivity contribution in [1.29, 1.82) is 0 Å². The fraction of sp³-hybridized carbons (Fsp3) is 0.211. The molecule has 28 heavy (non-hydrogen) atoms. The van der Waals surface area contributed by atoms with Crippen LogP contribution in [0.1, 0.15) is 35.3 Å². The van der Waals surface area contributed by atoms with Crippen molar-refractivity contribution < 1.29 is 18.3 Å². The summed E-state index contributed by atoms with van der Waals surface area (Å²) < 4.78 is 33.8. The van der Waals surface area contributed by atoms with Gasteiger partial charge in [-0.2, -0.15) is 0 Å². The highest BCUT2D eigenvalue weighted by atomic mass is 19.1. The molecule has 4 rings (SSSR count). The Morgan fingerprint density at radius 2 is 1.86 bits per heavy atom. The summed E-state index contributed by atoms with van der Waals surface area (Å²) in [6.07, 6.45) is 4.42. The maximum atomic E-state index is 14.6. The molecule has 3 aromatic rings. The Bertz CT molecular complexity index is 1060. The van der Waals surface area contributed by atoms with E-state index in [1.807, 2.05) is 6.92 Å². The maximum absolute atomic E-state index is 14.6. The Hall–Kier alpha value is -3.49. The van der Waals surface area contributed by atoms with Crippen LogP contribution >= 0.6 is 0 Å². The van der Waals surface area contributed by atoms with Gasteiger partial charge in [-0.3, -0.25) is 9.69 Å². The van der Waals surface area contributed by atoms with Crippen LogP contribution in [0.25, 0.3) is 11.6 Å². The molecule has 1 aliphatic heterocycles. The first-order valence-electron chi connectivity index (χ1n) is 8.56. The Kier molecular flexibility index (Phi) is 4.42. The molecule has 9 heteroatoms. The molecule has 0 aliphatic carbocycles. The van der Waals surface area contributed by atoms with Gasteiger partial charge < -0.3 is 4.74 Å². The second-order valence-electron chi connectivity index (χ2n) is 6.11. The summed E-state index contributed by atoms with van der Waals surface area (Å²) in [5.74, 6) is -1.82. The highest BCUT2D eigenvalue weighted by Gasteiger charge is 2.40. The van der Waals surface area contributed by atoms with Crippen molar-refractivity contribution in [1.82, 2.24) is 19.9 Å². The number of carbonyl (C=O) groups is 1. The monoisotopic (exact) mass is 383 g/mol. The van der Waals surface area contributed by atoms with Gasteiger partial charge in [0.05, 0.1) is 19.3 Å². The third-order valence-electron chi connectivity index (χ3n) is 4.55. The van der Waals surface area contributed by atoms with Gasteiger partial charge in [-0.15, -0.1) is 0 Å². The minimum atomic E-state index is -0.772. The molecular formula is C19H15F2N5O2. The average Bonchev–Trinajstić information content (AvgIpc) is 2.99. The smallest absolute Gasteiger partial charge is 0.260 e. The number of aromatic nitrogens is 4. The first-order chi connectivity index (χ1) is 13.5. The van der Waals surface area contributed by atoms with Crippen LogP contribution in [-0.4, -0.2) is 33.0 Å². The molecule has 0 N–H and O–H groups in total. The molecule has 142 valence electrons. The van der Waals surface area contributed by atoms with Crippen molar-refractivity contribution in [3.05, 3.63) is 59.6 Å². The first kappa shape index (κ1) is 17.9. The molecule has 0 fully saturated rings. The third-order valence-corrected chi connectivity index (χ3v) is 4.55. The quantitative estimate of drug-likeness (QED) is 0.687. The molecule has 0 saturated carbocycles. The standard InChI is InChI=1S/C19H15F2N5O2/c1-3-14-10-7-12(20)15(28-2)8-11(10)19(27)26(14)18-13(21)9-24-17(25-18)16-22-5-4-6-23-16/h4-9,14H,3H2,1-2H3/t14-/m0/s1. The molecule has 1 amide bonds. The number of methoxy groups -OCH3 is 1. The van der Waals surface area contributed by atoms with E-state index in [1.165, 1.54) is 36.5 Å². The number of anilines is 1. The van der Waals surface area contributed by atoms with Crippen LogP contribution in [0, 0.1) is 11.6 Å². The van der Waals surface area contributed by atoms with Gasteiger partial charge in [-0.25, -0.2) is 28.7 Å². The Morgan fingerprint density at radius 3 is 2.54 bits per heavy atom. The predicted octanol–water partition coefficient (Wildman–Crippen LogP) is 3.33. The number of benzene rings is 1. The van der Waals surface area contributed by atoms with Crippen LogP contribution in [0.4, 0.5) is 14.6 Å². The summed E-state index contributed by atoms with van der Waals surface area (Å²) in [6.45, 7) is 1.82. The fourth-order valence-corrected chi connectivity index (χ4v) is 3.29. The minimum Gasteiger partial charge on any atom is -0.494 e. The van der Waals surface area contributed by atoms with Crippen molar-refractivity contribution >= 4 is 11.7 Å². The molecule has 1 aliphatic rings. The van der Waals surface area contributed by atoms with Crippen molar-refractivity contribution in [2.75, 3.05) is 12.0 Å². The topological polar surface area (TPSA) is 81.1 Å². The number of hydrogen-bond donors (Lipinski definition) is 0. The van der Waals surface area contributed by atoms with Crippen molar-refractivity contribution in [2.45, 2.75) is 19.4 Å². The normalized spacial score (nSPS) is 15.6. The Labute approximate surface area is 159 Å². The van der Waals surface area contributed by atoms with Gasteiger partial charge in [0, 0.05) is 18.0 Å². The number of nitrogens with zero attached hydrogens (tertiary/aromatic N) is 5. The van der Waals surface area contributed by atoms with E-state index in [9.17, 15) is 13.6 Å². The van der Waals surface area contributed by atoms with Gasteiger partial charge >= 0.3 is 0 Å².